The van der Waals surface area contributed by atoms with E-state index >= 15 is 0 Å². The maximum Gasteiger partial charge on any atom is 0.356 e. The molecule has 0 spiro atoms. The standard InChI is InChI=1S/C4H6N4O/c1-3(2-5)7-8-4(6)9/h3H,1H3,(H2,6,9). The van der Waals surface area contributed by atoms with E-state index in [1.54, 1.807) is 6.07 Å². The summed E-state index contributed by atoms with van der Waals surface area (Å²) in [5, 5.41) is 14.3. The van der Waals surface area contributed by atoms with Crippen LogP contribution in [0.5, 0.6) is 0 Å². The molecule has 0 fully saturated rings. The highest BCUT2D eigenvalue weighted by atomic mass is 16.2. The second-order valence-corrected chi connectivity index (χ2v) is 1.36. The number of hydrogen-bond acceptors (Lipinski definition) is 3. The Morgan fingerprint density at radius 2 is 2.44 bits per heavy atom. The summed E-state index contributed by atoms with van der Waals surface area (Å²) in [6.07, 6.45) is 0. The van der Waals surface area contributed by atoms with Crippen LogP contribution in [0.3, 0.4) is 0 Å². The molecular formula is C4H6N4O. The van der Waals surface area contributed by atoms with E-state index in [4.69, 9.17) is 5.26 Å². The van der Waals surface area contributed by atoms with Crippen molar-refractivity contribution in [3.05, 3.63) is 0 Å². The molecule has 9 heavy (non-hydrogen) atoms. The molecule has 0 saturated carbocycles. The maximum atomic E-state index is 9.87. The number of rotatable bonds is 1. The Morgan fingerprint density at radius 3 is 2.78 bits per heavy atom. The van der Waals surface area contributed by atoms with Gasteiger partial charge in [0.25, 0.3) is 0 Å². The van der Waals surface area contributed by atoms with Crippen LogP contribution in [0.4, 0.5) is 4.79 Å². The number of azo groups is 1. The third-order valence-corrected chi connectivity index (χ3v) is 0.516. The zero-order chi connectivity index (χ0) is 7.28. The molecule has 0 aliphatic heterocycles. The fraction of sp³-hybridized carbons (Fsp3) is 0.500. The Morgan fingerprint density at radius 1 is 1.89 bits per heavy atom. The van der Waals surface area contributed by atoms with Gasteiger partial charge < -0.3 is 5.73 Å². The van der Waals surface area contributed by atoms with Crippen LogP contribution in [-0.2, 0) is 0 Å². The first-order valence-corrected chi connectivity index (χ1v) is 2.26. The normalized spacial score (nSPS) is 12.9. The van der Waals surface area contributed by atoms with Crippen molar-refractivity contribution in [2.24, 2.45) is 16.0 Å². The summed E-state index contributed by atoms with van der Waals surface area (Å²) >= 11 is 0. The van der Waals surface area contributed by atoms with E-state index < -0.39 is 12.1 Å². The van der Waals surface area contributed by atoms with Crippen LogP contribution in [0.2, 0.25) is 0 Å². The fourth-order valence-electron chi connectivity index (χ4n) is 0.169. The number of carbonyl (C=O) groups is 1. The first-order chi connectivity index (χ1) is 4.16. The predicted octanol–water partition coefficient (Wildman–Crippen LogP) is 0.429. The summed E-state index contributed by atoms with van der Waals surface area (Å²) in [5.41, 5.74) is 4.59. The SMILES string of the molecule is CC(C#N)N=NC(N)=O. The van der Waals surface area contributed by atoms with Crippen molar-refractivity contribution < 1.29 is 4.79 Å². The van der Waals surface area contributed by atoms with Crippen molar-refractivity contribution >= 4 is 6.03 Å². The van der Waals surface area contributed by atoms with Crippen molar-refractivity contribution in [2.75, 3.05) is 0 Å². The smallest absolute Gasteiger partial charge is 0.348 e. The van der Waals surface area contributed by atoms with Crippen LogP contribution < -0.4 is 5.73 Å². The van der Waals surface area contributed by atoms with E-state index in [0.29, 0.717) is 0 Å². The minimum absolute atomic E-state index is 0.600. The van der Waals surface area contributed by atoms with E-state index in [1.165, 1.54) is 6.92 Å². The lowest BCUT2D eigenvalue weighted by molar-refractivity contribution is 0.255. The minimum Gasteiger partial charge on any atom is -0.348 e. The van der Waals surface area contributed by atoms with E-state index in [1.807, 2.05) is 0 Å². The number of primary amides is 1. The van der Waals surface area contributed by atoms with Gasteiger partial charge in [-0.15, -0.1) is 0 Å². The molecule has 0 radical (unpaired) electrons. The fourth-order valence-corrected chi connectivity index (χ4v) is 0.169. The van der Waals surface area contributed by atoms with Gasteiger partial charge in [-0.2, -0.15) is 10.4 Å². The lowest BCUT2D eigenvalue weighted by Gasteiger charge is -1.84. The predicted molar refractivity (Wildman–Crippen MR) is 29.5 cm³/mol. The molecule has 0 bridgehead atoms. The topological polar surface area (TPSA) is 91.6 Å². The van der Waals surface area contributed by atoms with Crippen molar-refractivity contribution in [2.45, 2.75) is 13.0 Å². The first kappa shape index (κ1) is 7.56. The van der Waals surface area contributed by atoms with Crippen LogP contribution in [0, 0.1) is 11.3 Å². The third kappa shape index (κ3) is 4.41. The van der Waals surface area contributed by atoms with Gasteiger partial charge in [-0.3, -0.25) is 0 Å². The largest absolute Gasteiger partial charge is 0.356 e. The molecule has 1 atom stereocenters. The van der Waals surface area contributed by atoms with E-state index in [2.05, 4.69) is 16.0 Å². The van der Waals surface area contributed by atoms with Gasteiger partial charge in [0, 0.05) is 0 Å². The van der Waals surface area contributed by atoms with Crippen LogP contribution >= 0.6 is 0 Å². The molecule has 0 saturated heterocycles. The van der Waals surface area contributed by atoms with Crippen molar-refractivity contribution in [1.29, 1.82) is 5.26 Å². The summed E-state index contributed by atoms with van der Waals surface area (Å²) in [7, 11) is 0. The molecule has 2 N–H and O–H groups in total. The third-order valence-electron chi connectivity index (χ3n) is 0.516. The van der Waals surface area contributed by atoms with Crippen LogP contribution in [-0.4, -0.2) is 12.1 Å². The Labute approximate surface area is 52.2 Å². The molecule has 0 heterocycles. The second-order valence-electron chi connectivity index (χ2n) is 1.36. The molecule has 0 aliphatic carbocycles. The van der Waals surface area contributed by atoms with Gasteiger partial charge in [0.2, 0.25) is 0 Å². The summed E-state index contributed by atoms with van der Waals surface area (Å²) in [4.78, 5) is 9.87. The van der Waals surface area contributed by atoms with E-state index in [9.17, 15) is 4.79 Å². The molecule has 48 valence electrons. The highest BCUT2D eigenvalue weighted by molar-refractivity contribution is 5.71. The molecule has 2 amide bonds. The van der Waals surface area contributed by atoms with Crippen LogP contribution in [0.15, 0.2) is 10.2 Å². The molecule has 0 aromatic rings. The average molecular weight is 126 g/mol. The Balaban J connectivity index is 3.74. The molecule has 1 unspecified atom stereocenters. The highest BCUT2D eigenvalue weighted by Crippen LogP contribution is 1.86. The summed E-state index contributed by atoms with van der Waals surface area (Å²) in [6.45, 7) is 1.51. The Hall–Kier alpha value is -1.44. The Kier molecular flexibility index (Phi) is 2.98. The van der Waals surface area contributed by atoms with Gasteiger partial charge in [-0.05, 0) is 6.92 Å². The van der Waals surface area contributed by atoms with Crippen molar-refractivity contribution in [3.8, 4) is 6.07 Å². The Bertz CT molecular complexity index is 168. The lowest BCUT2D eigenvalue weighted by Crippen LogP contribution is -2.04. The first-order valence-electron chi connectivity index (χ1n) is 2.26. The van der Waals surface area contributed by atoms with E-state index in [-0.39, 0.29) is 0 Å². The minimum atomic E-state index is -0.878. The average Bonchev–Trinajstić information content (AvgIpc) is 1.83. The van der Waals surface area contributed by atoms with Gasteiger partial charge >= 0.3 is 6.03 Å². The number of urea groups is 1. The molecule has 5 nitrogen and oxygen atoms in total. The number of carbonyl (C=O) groups excluding carboxylic acids is 1. The highest BCUT2D eigenvalue weighted by Gasteiger charge is 1.92. The molecule has 5 heteroatoms. The number of hydrogen-bond donors (Lipinski definition) is 1. The molecule has 0 aliphatic rings. The van der Waals surface area contributed by atoms with Gasteiger partial charge in [-0.1, -0.05) is 5.11 Å². The zero-order valence-corrected chi connectivity index (χ0v) is 4.90. The molecule has 0 rings (SSSR count). The quantitative estimate of drug-likeness (QED) is 0.516. The maximum absolute atomic E-state index is 9.87. The van der Waals surface area contributed by atoms with E-state index in [0.717, 1.165) is 0 Å². The zero-order valence-electron chi connectivity index (χ0n) is 4.90. The molecule has 0 aromatic heterocycles. The summed E-state index contributed by atoms with van der Waals surface area (Å²) in [6, 6.07) is 0.275. The van der Waals surface area contributed by atoms with Gasteiger partial charge in [-0.25, -0.2) is 4.79 Å². The van der Waals surface area contributed by atoms with Crippen LogP contribution in [0.25, 0.3) is 0 Å². The number of amides is 2. The number of nitrogens with zero attached hydrogens (tertiary/aromatic N) is 3. The molecule has 0 aromatic carbocycles. The lowest BCUT2D eigenvalue weighted by atomic mass is 10.4. The summed E-state index contributed by atoms with van der Waals surface area (Å²) < 4.78 is 0. The number of nitrogens with two attached hydrogens (primary N) is 1. The van der Waals surface area contributed by atoms with Crippen LogP contribution in [0.1, 0.15) is 6.92 Å². The van der Waals surface area contributed by atoms with Gasteiger partial charge in [0.15, 0.2) is 6.04 Å². The summed E-state index contributed by atoms with van der Waals surface area (Å²) in [5.74, 6) is 0. The van der Waals surface area contributed by atoms with Crippen molar-refractivity contribution in [1.82, 2.24) is 0 Å². The number of nitriles is 1. The monoisotopic (exact) mass is 126 g/mol. The second kappa shape index (κ2) is 3.55. The molecular weight excluding hydrogens is 120 g/mol. The van der Waals surface area contributed by atoms with Crippen molar-refractivity contribution in [3.63, 3.8) is 0 Å². The van der Waals surface area contributed by atoms with Gasteiger partial charge in [0.05, 0.1) is 6.07 Å². The van der Waals surface area contributed by atoms with Gasteiger partial charge in [0.1, 0.15) is 0 Å².